The lowest BCUT2D eigenvalue weighted by Crippen LogP contribution is -2.45. The minimum absolute atomic E-state index is 0.124. The lowest BCUT2D eigenvalue weighted by atomic mass is 10.1. The van der Waals surface area contributed by atoms with Crippen LogP contribution in [-0.2, 0) is 24.4 Å². The topological polar surface area (TPSA) is 93.3 Å². The van der Waals surface area contributed by atoms with Crippen molar-refractivity contribution in [2.45, 2.75) is 38.5 Å². The third-order valence-electron chi connectivity index (χ3n) is 5.77. The summed E-state index contributed by atoms with van der Waals surface area (Å²) in [6, 6.07) is 10.7. The third-order valence-corrected chi connectivity index (χ3v) is 6.00. The minimum atomic E-state index is -0.480. The maximum atomic E-state index is 13.1. The predicted octanol–water partition coefficient (Wildman–Crippen LogP) is 2.96. The van der Waals surface area contributed by atoms with Crippen molar-refractivity contribution in [2.24, 2.45) is 5.73 Å². The first-order chi connectivity index (χ1) is 15.5. The van der Waals surface area contributed by atoms with Gasteiger partial charge >= 0.3 is 0 Å². The number of halogens is 1. The van der Waals surface area contributed by atoms with Crippen LogP contribution in [0.4, 0.5) is 0 Å². The van der Waals surface area contributed by atoms with E-state index in [1.165, 1.54) is 0 Å². The Balaban J connectivity index is 1.40. The Labute approximate surface area is 192 Å². The van der Waals surface area contributed by atoms with E-state index in [0.717, 1.165) is 23.1 Å². The van der Waals surface area contributed by atoms with Gasteiger partial charge in [-0.15, -0.1) is 0 Å². The average molecular weight is 452 g/mol. The molecule has 3 heterocycles. The summed E-state index contributed by atoms with van der Waals surface area (Å²) in [5.41, 5.74) is 9.30. The van der Waals surface area contributed by atoms with Crippen LogP contribution < -0.4 is 11.1 Å². The molecule has 1 aliphatic rings. The van der Waals surface area contributed by atoms with E-state index in [0.29, 0.717) is 43.2 Å². The second-order valence-corrected chi connectivity index (χ2v) is 8.36. The van der Waals surface area contributed by atoms with Crippen LogP contribution in [0, 0.1) is 0 Å². The maximum Gasteiger partial charge on any atom is 0.256 e. The van der Waals surface area contributed by atoms with E-state index < -0.39 is 6.04 Å². The molecule has 0 spiro atoms. The molecule has 0 bridgehead atoms. The van der Waals surface area contributed by atoms with Gasteiger partial charge in [0.25, 0.3) is 5.91 Å². The summed E-state index contributed by atoms with van der Waals surface area (Å²) in [5, 5.41) is 3.56. The van der Waals surface area contributed by atoms with Crippen molar-refractivity contribution >= 4 is 23.4 Å². The van der Waals surface area contributed by atoms with Gasteiger partial charge < -0.3 is 20.5 Å². The van der Waals surface area contributed by atoms with Crippen molar-refractivity contribution in [1.82, 2.24) is 19.8 Å². The Morgan fingerprint density at radius 3 is 2.75 bits per heavy atom. The van der Waals surface area contributed by atoms with Gasteiger partial charge in [-0.05, 0) is 59.9 Å². The number of carbonyl (C=O) groups is 2. The third kappa shape index (κ3) is 5.00. The number of amides is 2. The van der Waals surface area contributed by atoms with Gasteiger partial charge in [-0.3, -0.25) is 14.6 Å². The fraction of sp³-hybridized carbons (Fsp3) is 0.292. The van der Waals surface area contributed by atoms with Crippen molar-refractivity contribution in [3.63, 3.8) is 0 Å². The Hall–Kier alpha value is -3.16. The van der Waals surface area contributed by atoms with Crippen molar-refractivity contribution < 1.29 is 9.59 Å². The lowest BCUT2D eigenvalue weighted by molar-refractivity contribution is -0.125. The molecule has 32 heavy (non-hydrogen) atoms. The number of carbonyl (C=O) groups excluding carboxylic acids is 2. The molecular weight excluding hydrogens is 426 g/mol. The largest absolute Gasteiger partial charge is 0.350 e. The molecule has 0 aliphatic carbocycles. The second kappa shape index (κ2) is 9.97. The molecule has 0 radical (unpaired) electrons. The van der Waals surface area contributed by atoms with E-state index in [1.807, 2.05) is 41.2 Å². The molecule has 1 aromatic carbocycles. The van der Waals surface area contributed by atoms with Gasteiger partial charge in [0.2, 0.25) is 5.91 Å². The zero-order chi connectivity index (χ0) is 22.5. The number of nitrogens with two attached hydrogens (primary N) is 1. The van der Waals surface area contributed by atoms with Crippen LogP contribution in [0.25, 0.3) is 0 Å². The number of benzene rings is 1. The fourth-order valence-corrected chi connectivity index (χ4v) is 4.27. The molecule has 1 fully saturated rings. The standard InChI is InChI=1S/C24H26ClN5O2/c25-21-4-3-18(13-26)20(12-21)14-28-23(31)22-2-1-10-30(22)24(32)19-7-11-29(16-19)15-17-5-8-27-9-6-17/h3-9,11-12,16,22H,1-2,10,13-15,26H2,(H,28,31)/t22-/m0/s1. The highest BCUT2D eigenvalue weighted by molar-refractivity contribution is 6.30. The summed E-state index contributed by atoms with van der Waals surface area (Å²) in [6.45, 7) is 1.92. The summed E-state index contributed by atoms with van der Waals surface area (Å²) in [6.07, 6.45) is 8.65. The minimum Gasteiger partial charge on any atom is -0.350 e. The smallest absolute Gasteiger partial charge is 0.256 e. The summed E-state index contributed by atoms with van der Waals surface area (Å²) in [7, 11) is 0. The van der Waals surface area contributed by atoms with Crippen LogP contribution in [0.1, 0.15) is 39.9 Å². The highest BCUT2D eigenvalue weighted by Crippen LogP contribution is 2.22. The van der Waals surface area contributed by atoms with Gasteiger partial charge in [0, 0.05) is 56.0 Å². The summed E-state index contributed by atoms with van der Waals surface area (Å²) in [4.78, 5) is 31.7. The first-order valence-electron chi connectivity index (χ1n) is 10.7. The number of likely N-dealkylation sites (tertiary alicyclic amines) is 1. The Morgan fingerprint density at radius 2 is 1.97 bits per heavy atom. The molecule has 0 unspecified atom stereocenters. The summed E-state index contributed by atoms with van der Waals surface area (Å²) >= 11 is 6.09. The number of nitrogens with one attached hydrogen (secondary N) is 1. The number of rotatable bonds is 7. The monoisotopic (exact) mass is 451 g/mol. The quantitative estimate of drug-likeness (QED) is 0.577. The normalized spacial score (nSPS) is 15.7. The molecule has 166 valence electrons. The van der Waals surface area contributed by atoms with Gasteiger partial charge in [-0.2, -0.15) is 0 Å². The number of hydrogen-bond donors (Lipinski definition) is 2. The molecule has 0 saturated carbocycles. The number of pyridine rings is 1. The molecule has 3 N–H and O–H groups in total. The lowest BCUT2D eigenvalue weighted by Gasteiger charge is -2.24. The molecule has 7 nitrogen and oxygen atoms in total. The summed E-state index contributed by atoms with van der Waals surface area (Å²) < 4.78 is 1.96. The van der Waals surface area contributed by atoms with Gasteiger partial charge in [0.1, 0.15) is 6.04 Å². The summed E-state index contributed by atoms with van der Waals surface area (Å²) in [5.74, 6) is -0.281. The van der Waals surface area contributed by atoms with Crippen LogP contribution in [0.15, 0.2) is 61.2 Å². The van der Waals surface area contributed by atoms with Crippen LogP contribution in [0.5, 0.6) is 0 Å². The second-order valence-electron chi connectivity index (χ2n) is 7.92. The molecule has 2 aromatic heterocycles. The number of aromatic nitrogens is 2. The molecule has 1 saturated heterocycles. The maximum absolute atomic E-state index is 13.1. The van der Waals surface area contributed by atoms with Crippen molar-refractivity contribution in [3.8, 4) is 0 Å². The van der Waals surface area contributed by atoms with Crippen LogP contribution in [0.2, 0.25) is 5.02 Å². The molecule has 3 aromatic rings. The van der Waals surface area contributed by atoms with Crippen LogP contribution in [-0.4, -0.2) is 38.9 Å². The fourth-order valence-electron chi connectivity index (χ4n) is 4.07. The van der Waals surface area contributed by atoms with E-state index in [9.17, 15) is 9.59 Å². The van der Waals surface area contributed by atoms with E-state index in [-0.39, 0.29) is 11.8 Å². The van der Waals surface area contributed by atoms with Gasteiger partial charge in [0.05, 0.1) is 5.56 Å². The first-order valence-corrected chi connectivity index (χ1v) is 11.0. The first kappa shape index (κ1) is 22.0. The van der Waals surface area contributed by atoms with Gasteiger partial charge in [-0.1, -0.05) is 17.7 Å². The van der Waals surface area contributed by atoms with Gasteiger partial charge in [-0.25, -0.2) is 0 Å². The number of hydrogen-bond acceptors (Lipinski definition) is 4. The molecule has 1 atom stereocenters. The van der Waals surface area contributed by atoms with Crippen LogP contribution >= 0.6 is 11.6 Å². The molecule has 1 aliphatic heterocycles. The van der Waals surface area contributed by atoms with E-state index >= 15 is 0 Å². The SMILES string of the molecule is NCc1ccc(Cl)cc1CNC(=O)[C@@H]1CCCN1C(=O)c1ccn(Cc2ccncc2)c1. The van der Waals surface area contributed by atoms with Crippen LogP contribution in [0.3, 0.4) is 0 Å². The van der Waals surface area contributed by atoms with Crippen molar-refractivity contribution in [3.05, 3.63) is 88.5 Å². The molecular formula is C24H26ClN5O2. The number of nitrogens with zero attached hydrogens (tertiary/aromatic N) is 3. The molecule has 4 rings (SSSR count). The van der Waals surface area contributed by atoms with E-state index in [4.69, 9.17) is 17.3 Å². The average Bonchev–Trinajstić information content (AvgIpc) is 3.48. The Morgan fingerprint density at radius 1 is 1.16 bits per heavy atom. The van der Waals surface area contributed by atoms with Crippen molar-refractivity contribution in [2.75, 3.05) is 6.54 Å². The van der Waals surface area contributed by atoms with E-state index in [2.05, 4.69) is 10.3 Å². The Kier molecular flexibility index (Phi) is 6.87. The highest BCUT2D eigenvalue weighted by atomic mass is 35.5. The van der Waals surface area contributed by atoms with Crippen molar-refractivity contribution in [1.29, 1.82) is 0 Å². The van der Waals surface area contributed by atoms with E-state index in [1.54, 1.807) is 29.4 Å². The zero-order valence-electron chi connectivity index (χ0n) is 17.7. The molecule has 2 amide bonds. The zero-order valence-corrected chi connectivity index (χ0v) is 18.5. The van der Waals surface area contributed by atoms with Gasteiger partial charge in [0.15, 0.2) is 0 Å². The molecule has 8 heteroatoms. The predicted molar refractivity (Wildman–Crippen MR) is 123 cm³/mol. The Bertz CT molecular complexity index is 1100. The highest BCUT2D eigenvalue weighted by Gasteiger charge is 2.34.